The van der Waals surface area contributed by atoms with Gasteiger partial charge < -0.3 is 15.4 Å². The molecule has 1 aliphatic rings. The minimum atomic E-state index is -0.457. The highest BCUT2D eigenvalue weighted by Crippen LogP contribution is 2.13. The normalized spacial score (nSPS) is 20.5. The van der Waals surface area contributed by atoms with Crippen molar-refractivity contribution in [2.75, 3.05) is 6.61 Å². The summed E-state index contributed by atoms with van der Waals surface area (Å²) in [5.74, 6) is 0.188. The summed E-state index contributed by atoms with van der Waals surface area (Å²) in [5.41, 5.74) is 0. The molecule has 0 spiro atoms. The molecule has 1 fully saturated rings. The van der Waals surface area contributed by atoms with E-state index in [1.807, 2.05) is 18.2 Å². The van der Waals surface area contributed by atoms with Crippen molar-refractivity contribution in [2.45, 2.75) is 24.9 Å². The molecule has 2 amide bonds. The Morgan fingerprint density at radius 1 is 1.40 bits per heavy atom. The average molecular weight is 274 g/mol. The molecule has 5 nitrogen and oxygen atoms in total. The van der Waals surface area contributed by atoms with Crippen LogP contribution in [0.5, 0.6) is 5.75 Å². The Labute approximate surface area is 118 Å². The number of allylic oxidation sites excluding steroid dienone is 1. The van der Waals surface area contributed by atoms with Crippen molar-refractivity contribution in [3.05, 3.63) is 43.0 Å². The molecule has 0 unspecified atom stereocenters. The number of para-hydroxylation sites is 1. The molecule has 1 aliphatic heterocycles. The van der Waals surface area contributed by atoms with Crippen LogP contribution in [0.2, 0.25) is 0 Å². The van der Waals surface area contributed by atoms with E-state index in [0.717, 1.165) is 12.8 Å². The third-order valence-corrected chi connectivity index (χ3v) is 3.12. The molecule has 2 rings (SSSR count). The smallest absolute Gasteiger partial charge is 0.258 e. The van der Waals surface area contributed by atoms with Crippen molar-refractivity contribution in [3.8, 4) is 5.75 Å². The molecule has 0 radical (unpaired) electrons. The Morgan fingerprint density at radius 3 is 2.80 bits per heavy atom. The van der Waals surface area contributed by atoms with Gasteiger partial charge in [0.1, 0.15) is 11.8 Å². The lowest BCUT2D eigenvalue weighted by Crippen LogP contribution is -2.69. The van der Waals surface area contributed by atoms with Crippen LogP contribution in [0.4, 0.5) is 0 Å². The van der Waals surface area contributed by atoms with Crippen LogP contribution >= 0.6 is 0 Å². The van der Waals surface area contributed by atoms with E-state index < -0.39 is 6.04 Å². The zero-order valence-electron chi connectivity index (χ0n) is 11.2. The monoisotopic (exact) mass is 274 g/mol. The summed E-state index contributed by atoms with van der Waals surface area (Å²) >= 11 is 0. The van der Waals surface area contributed by atoms with Crippen LogP contribution in [0.3, 0.4) is 0 Å². The maximum absolute atomic E-state index is 11.7. The molecule has 1 heterocycles. The van der Waals surface area contributed by atoms with Crippen LogP contribution in [-0.4, -0.2) is 30.5 Å². The average Bonchev–Trinajstić information content (AvgIpc) is 2.48. The zero-order chi connectivity index (χ0) is 14.4. The first-order valence-corrected chi connectivity index (χ1v) is 6.59. The topological polar surface area (TPSA) is 67.4 Å². The Bertz CT molecular complexity index is 487. The van der Waals surface area contributed by atoms with Crippen molar-refractivity contribution >= 4 is 11.8 Å². The summed E-state index contributed by atoms with van der Waals surface area (Å²) in [4.78, 5) is 23.2. The van der Waals surface area contributed by atoms with Crippen molar-refractivity contribution < 1.29 is 14.3 Å². The van der Waals surface area contributed by atoms with Crippen LogP contribution in [0, 0.1) is 0 Å². The first-order valence-electron chi connectivity index (χ1n) is 6.59. The van der Waals surface area contributed by atoms with Crippen LogP contribution in [0.1, 0.15) is 12.8 Å². The van der Waals surface area contributed by atoms with E-state index in [1.54, 1.807) is 18.2 Å². The summed E-state index contributed by atoms with van der Waals surface area (Å²) in [6, 6.07) is 8.61. The lowest BCUT2D eigenvalue weighted by Gasteiger charge is -2.37. The second kappa shape index (κ2) is 6.75. The van der Waals surface area contributed by atoms with Gasteiger partial charge in [-0.05, 0) is 25.0 Å². The molecule has 1 saturated heterocycles. The Morgan fingerprint density at radius 2 is 2.15 bits per heavy atom. The van der Waals surface area contributed by atoms with Crippen molar-refractivity contribution in [1.82, 2.24) is 10.6 Å². The van der Waals surface area contributed by atoms with Gasteiger partial charge in [-0.2, -0.15) is 0 Å². The van der Waals surface area contributed by atoms with Crippen LogP contribution in [0.25, 0.3) is 0 Å². The number of β-lactam (4-membered cyclic amide) rings is 1. The van der Waals surface area contributed by atoms with E-state index in [9.17, 15) is 9.59 Å². The molecule has 1 aromatic carbocycles. The molecule has 0 aromatic heterocycles. The molecular formula is C15H18N2O3. The third kappa shape index (κ3) is 3.60. The fraction of sp³-hybridized carbons (Fsp3) is 0.333. The number of hydrogen-bond acceptors (Lipinski definition) is 3. The maximum Gasteiger partial charge on any atom is 0.258 e. The fourth-order valence-corrected chi connectivity index (χ4v) is 2.03. The van der Waals surface area contributed by atoms with Gasteiger partial charge in [-0.15, -0.1) is 6.58 Å². The Hall–Kier alpha value is -2.30. The van der Waals surface area contributed by atoms with Gasteiger partial charge in [0.05, 0.1) is 6.04 Å². The highest BCUT2D eigenvalue weighted by atomic mass is 16.5. The quantitative estimate of drug-likeness (QED) is 0.576. The summed E-state index contributed by atoms with van der Waals surface area (Å²) < 4.78 is 5.33. The zero-order valence-corrected chi connectivity index (χ0v) is 11.2. The highest BCUT2D eigenvalue weighted by molar-refractivity contribution is 5.93. The number of hydrogen-bond donors (Lipinski definition) is 2. The van der Waals surface area contributed by atoms with Gasteiger partial charge in [0.15, 0.2) is 6.61 Å². The van der Waals surface area contributed by atoms with Crippen LogP contribution in [0.15, 0.2) is 43.0 Å². The first-order chi connectivity index (χ1) is 9.70. The number of rotatable bonds is 7. The standard InChI is InChI=1S/C15H18N2O3/c1-2-3-9-12-14(15(19)16-12)17-13(18)10-20-11-7-5-4-6-8-11/h2,4-8,12,14H,1,3,9-10H2,(H,16,19)(H,17,18)/t12-,14+/m1/s1. The van der Waals surface area contributed by atoms with Gasteiger partial charge in [-0.1, -0.05) is 24.3 Å². The first kappa shape index (κ1) is 14.1. The second-order valence-corrected chi connectivity index (χ2v) is 4.63. The van der Waals surface area contributed by atoms with E-state index in [4.69, 9.17) is 4.74 Å². The molecule has 1 aromatic rings. The molecule has 0 saturated carbocycles. The predicted molar refractivity (Wildman–Crippen MR) is 75.2 cm³/mol. The van der Waals surface area contributed by atoms with E-state index in [-0.39, 0.29) is 24.5 Å². The number of nitrogens with one attached hydrogen (secondary N) is 2. The lowest BCUT2D eigenvalue weighted by molar-refractivity contribution is -0.137. The van der Waals surface area contributed by atoms with E-state index in [1.165, 1.54) is 0 Å². The molecule has 5 heteroatoms. The van der Waals surface area contributed by atoms with Crippen molar-refractivity contribution in [3.63, 3.8) is 0 Å². The number of carbonyl (C=O) groups is 2. The number of benzene rings is 1. The highest BCUT2D eigenvalue weighted by Gasteiger charge is 2.39. The molecule has 0 aliphatic carbocycles. The van der Waals surface area contributed by atoms with Gasteiger partial charge in [0.2, 0.25) is 5.91 Å². The summed E-state index contributed by atoms with van der Waals surface area (Å²) in [6.07, 6.45) is 3.37. The SMILES string of the molecule is C=CCC[C@H]1NC(=O)[C@H]1NC(=O)COc1ccccc1. The fourth-order valence-electron chi connectivity index (χ4n) is 2.03. The summed E-state index contributed by atoms with van der Waals surface area (Å²) in [6.45, 7) is 3.54. The van der Waals surface area contributed by atoms with Crippen molar-refractivity contribution in [2.24, 2.45) is 0 Å². The lowest BCUT2D eigenvalue weighted by atomic mass is 9.94. The third-order valence-electron chi connectivity index (χ3n) is 3.12. The van der Waals surface area contributed by atoms with Gasteiger partial charge in [0.25, 0.3) is 5.91 Å². The summed E-state index contributed by atoms with van der Waals surface area (Å²) in [5, 5.41) is 5.45. The summed E-state index contributed by atoms with van der Waals surface area (Å²) in [7, 11) is 0. The second-order valence-electron chi connectivity index (χ2n) is 4.63. The molecule has 2 N–H and O–H groups in total. The molecule has 20 heavy (non-hydrogen) atoms. The number of carbonyl (C=O) groups excluding carboxylic acids is 2. The minimum absolute atomic E-state index is 0.0128. The van der Waals surface area contributed by atoms with Gasteiger partial charge in [-0.3, -0.25) is 9.59 Å². The van der Waals surface area contributed by atoms with Gasteiger partial charge >= 0.3 is 0 Å². The molecule has 106 valence electrons. The van der Waals surface area contributed by atoms with E-state index >= 15 is 0 Å². The molecular weight excluding hydrogens is 256 g/mol. The maximum atomic E-state index is 11.7. The predicted octanol–water partition coefficient (Wildman–Crippen LogP) is 1.01. The Kier molecular flexibility index (Phi) is 4.76. The molecule has 2 atom stereocenters. The van der Waals surface area contributed by atoms with Crippen molar-refractivity contribution in [1.29, 1.82) is 0 Å². The Balaban J connectivity index is 1.76. The molecule has 0 bridgehead atoms. The minimum Gasteiger partial charge on any atom is -0.484 e. The number of amides is 2. The van der Waals surface area contributed by atoms with E-state index in [2.05, 4.69) is 17.2 Å². The van der Waals surface area contributed by atoms with Crippen LogP contribution < -0.4 is 15.4 Å². The van der Waals surface area contributed by atoms with E-state index in [0.29, 0.717) is 5.75 Å². The van der Waals surface area contributed by atoms with Crippen LogP contribution in [-0.2, 0) is 9.59 Å². The largest absolute Gasteiger partial charge is 0.484 e. The van der Waals surface area contributed by atoms with Gasteiger partial charge in [-0.25, -0.2) is 0 Å². The number of ether oxygens (including phenoxy) is 1. The van der Waals surface area contributed by atoms with Gasteiger partial charge in [0, 0.05) is 0 Å².